The number of likely N-dealkylation sites (tertiary alicyclic amines) is 2. The number of anilines is 1. The number of thiazole rings is 1. The zero-order valence-corrected chi connectivity index (χ0v) is 22.0. The summed E-state index contributed by atoms with van der Waals surface area (Å²) in [6.45, 7) is 8.69. The Bertz CT molecular complexity index is 1230. The number of halogens is 3. The molecule has 0 radical (unpaired) electrons. The topological polar surface area (TPSA) is 87.7 Å². The molecule has 12 heteroatoms. The van der Waals surface area contributed by atoms with Gasteiger partial charge in [0.1, 0.15) is 11.5 Å². The molecule has 3 fully saturated rings. The van der Waals surface area contributed by atoms with Gasteiger partial charge in [0, 0.05) is 36.4 Å². The van der Waals surface area contributed by atoms with Gasteiger partial charge in [-0.3, -0.25) is 9.59 Å². The average Bonchev–Trinajstić information content (AvgIpc) is 3.60. The zero-order valence-electron chi connectivity index (χ0n) is 21.2. The van der Waals surface area contributed by atoms with Crippen molar-refractivity contribution < 1.29 is 27.5 Å². The second kappa shape index (κ2) is 9.23. The third-order valence-corrected chi connectivity index (χ3v) is 8.02. The second-order valence-corrected chi connectivity index (χ2v) is 12.0. The smallest absolute Gasteiger partial charge is 0.374 e. The minimum absolute atomic E-state index is 0.00256. The van der Waals surface area contributed by atoms with Gasteiger partial charge in [-0.1, -0.05) is 0 Å². The summed E-state index contributed by atoms with van der Waals surface area (Å²) in [6, 6.07) is 0.801. The molecule has 2 unspecified atom stereocenters. The van der Waals surface area contributed by atoms with Gasteiger partial charge in [0.2, 0.25) is 0 Å². The first-order chi connectivity index (χ1) is 17.3. The van der Waals surface area contributed by atoms with Crippen molar-refractivity contribution >= 4 is 29.0 Å². The summed E-state index contributed by atoms with van der Waals surface area (Å²) in [5.74, 6) is -0.784. The molecule has 3 saturated heterocycles. The number of rotatable bonds is 4. The molecule has 2 bridgehead atoms. The van der Waals surface area contributed by atoms with E-state index in [9.17, 15) is 22.8 Å². The summed E-state index contributed by atoms with van der Waals surface area (Å²) in [5.41, 5.74) is -1.83. The minimum atomic E-state index is -4.71. The van der Waals surface area contributed by atoms with Crippen molar-refractivity contribution in [2.24, 2.45) is 0 Å². The van der Waals surface area contributed by atoms with Crippen LogP contribution in [0.1, 0.15) is 72.8 Å². The van der Waals surface area contributed by atoms with Gasteiger partial charge < -0.3 is 19.9 Å². The number of morpholine rings is 1. The van der Waals surface area contributed by atoms with Crippen molar-refractivity contribution in [3.05, 3.63) is 28.5 Å². The predicted molar refractivity (Wildman–Crippen MR) is 133 cm³/mol. The van der Waals surface area contributed by atoms with Crippen LogP contribution in [0.5, 0.6) is 0 Å². The van der Waals surface area contributed by atoms with Crippen LogP contribution < -0.4 is 5.32 Å². The fourth-order valence-electron chi connectivity index (χ4n) is 5.20. The number of nitrogens with one attached hydrogen (secondary N) is 1. The molecule has 2 amide bonds. The largest absolute Gasteiger partial charge is 0.417 e. The molecule has 0 spiro atoms. The van der Waals surface area contributed by atoms with Crippen molar-refractivity contribution in [3.8, 4) is 10.4 Å². The maximum atomic E-state index is 14.3. The maximum absolute atomic E-state index is 14.3. The highest BCUT2D eigenvalue weighted by molar-refractivity contribution is 7.17. The zero-order chi connectivity index (χ0) is 26.7. The van der Waals surface area contributed by atoms with Gasteiger partial charge >= 0.3 is 6.18 Å². The molecule has 0 aromatic carbocycles. The number of fused-ring (bicyclic) bond motifs is 2. The van der Waals surface area contributed by atoms with Gasteiger partial charge in [0.05, 0.1) is 29.2 Å². The number of carbonyl (C=O) groups is 2. The lowest BCUT2D eigenvalue weighted by molar-refractivity contribution is -0.137. The number of carbonyl (C=O) groups excluding carboxylic acids is 2. The Morgan fingerprint density at radius 2 is 1.95 bits per heavy atom. The number of hydrogen-bond acceptors (Lipinski definition) is 7. The molecule has 5 heterocycles. The molecule has 2 aromatic heterocycles. The Labute approximate surface area is 217 Å². The van der Waals surface area contributed by atoms with Crippen LogP contribution >= 0.6 is 11.3 Å². The fourth-order valence-corrected chi connectivity index (χ4v) is 6.24. The first-order valence-corrected chi connectivity index (χ1v) is 13.2. The van der Waals surface area contributed by atoms with E-state index in [4.69, 9.17) is 4.74 Å². The van der Waals surface area contributed by atoms with Crippen LogP contribution in [0.3, 0.4) is 0 Å². The molecule has 2 aromatic rings. The number of nitrogens with zero attached hydrogens (tertiary/aromatic N) is 4. The number of pyridine rings is 1. The third kappa shape index (κ3) is 5.05. The van der Waals surface area contributed by atoms with E-state index in [-0.39, 0.29) is 51.1 Å². The van der Waals surface area contributed by atoms with E-state index in [0.717, 1.165) is 42.9 Å². The van der Waals surface area contributed by atoms with Crippen LogP contribution in [0, 0.1) is 0 Å². The molecule has 5 rings (SSSR count). The summed E-state index contributed by atoms with van der Waals surface area (Å²) >= 11 is 0.821. The van der Waals surface area contributed by atoms with Gasteiger partial charge in [-0.15, -0.1) is 11.3 Å². The van der Waals surface area contributed by atoms with Crippen molar-refractivity contribution in [1.82, 2.24) is 19.8 Å². The van der Waals surface area contributed by atoms with Crippen LogP contribution in [0.2, 0.25) is 0 Å². The van der Waals surface area contributed by atoms with E-state index in [2.05, 4.69) is 15.3 Å². The van der Waals surface area contributed by atoms with E-state index in [0.29, 0.717) is 19.7 Å². The minimum Gasteiger partial charge on any atom is -0.374 e. The van der Waals surface area contributed by atoms with Crippen molar-refractivity contribution in [2.45, 2.75) is 76.9 Å². The fraction of sp³-hybridized carbons (Fsp3) is 0.600. The van der Waals surface area contributed by atoms with Crippen molar-refractivity contribution in [2.75, 3.05) is 25.0 Å². The van der Waals surface area contributed by atoms with Crippen LogP contribution in [-0.4, -0.2) is 75.0 Å². The van der Waals surface area contributed by atoms with Crippen LogP contribution in [-0.2, 0) is 10.9 Å². The first-order valence-electron chi connectivity index (χ1n) is 12.4. The van der Waals surface area contributed by atoms with Crippen LogP contribution in [0.15, 0.2) is 12.3 Å². The molecule has 3 aliphatic heterocycles. The monoisotopic (exact) mass is 537 g/mol. The van der Waals surface area contributed by atoms with Crippen molar-refractivity contribution in [1.29, 1.82) is 0 Å². The molecule has 37 heavy (non-hydrogen) atoms. The number of aromatic nitrogens is 2. The molecular weight excluding hydrogens is 507 g/mol. The highest BCUT2D eigenvalue weighted by Crippen LogP contribution is 2.43. The maximum Gasteiger partial charge on any atom is 0.417 e. The highest BCUT2D eigenvalue weighted by Gasteiger charge is 2.44. The van der Waals surface area contributed by atoms with Gasteiger partial charge in [0.15, 0.2) is 5.01 Å². The summed E-state index contributed by atoms with van der Waals surface area (Å²) in [6.07, 6.45) is -1.30. The van der Waals surface area contributed by atoms with Gasteiger partial charge in [-0.25, -0.2) is 9.97 Å². The summed E-state index contributed by atoms with van der Waals surface area (Å²) in [5, 5.41) is 2.97. The molecule has 200 valence electrons. The lowest BCUT2D eigenvalue weighted by Crippen LogP contribution is -2.41. The van der Waals surface area contributed by atoms with E-state index >= 15 is 0 Å². The molecule has 3 aliphatic rings. The Hall–Kier alpha value is -2.73. The van der Waals surface area contributed by atoms with Crippen molar-refractivity contribution in [3.63, 3.8) is 0 Å². The molecule has 1 N–H and O–H groups in total. The number of ether oxygens (including phenoxy) is 1. The van der Waals surface area contributed by atoms with Gasteiger partial charge in [-0.2, -0.15) is 13.2 Å². The quantitative estimate of drug-likeness (QED) is 0.610. The van der Waals surface area contributed by atoms with E-state index in [1.807, 2.05) is 27.7 Å². The average molecular weight is 538 g/mol. The molecule has 0 saturated carbocycles. The summed E-state index contributed by atoms with van der Waals surface area (Å²) < 4.78 is 48.5. The van der Waals surface area contributed by atoms with E-state index in [1.54, 1.807) is 9.80 Å². The summed E-state index contributed by atoms with van der Waals surface area (Å²) in [7, 11) is 0. The number of alkyl halides is 3. The van der Waals surface area contributed by atoms with Gasteiger partial charge in [0.25, 0.3) is 11.8 Å². The molecule has 0 aliphatic carbocycles. The standard InChI is InChI=1S/C25H30F3N5O3S/c1-13-6-5-7-32(13)22(34)19-20(37-21(30-19)23(35)33-11-15-8-14(33)12-36-15)16-10-29-18(31-24(2,3)4)9-17(16)25(26,27)28/h9-10,13-15H,5-8,11-12H2,1-4H3,(H,29,31)/t13-,14?,15?/m0/s1. The highest BCUT2D eigenvalue weighted by atomic mass is 32.1. The number of amides is 2. The van der Waals surface area contributed by atoms with E-state index < -0.39 is 23.2 Å². The predicted octanol–water partition coefficient (Wildman–Crippen LogP) is 4.67. The SMILES string of the molecule is C[C@H]1CCCN1C(=O)c1nc(C(=O)N2CC3CC2CO3)sc1-c1cnc(NC(C)(C)C)cc1C(F)(F)F. The third-order valence-electron chi connectivity index (χ3n) is 6.94. The first kappa shape index (κ1) is 25.9. The number of hydrogen-bond donors (Lipinski definition) is 1. The van der Waals surface area contributed by atoms with Gasteiger partial charge in [-0.05, 0) is 53.0 Å². The Morgan fingerprint density at radius 1 is 1.19 bits per heavy atom. The normalized spacial score (nSPS) is 23.7. The molecular formula is C25H30F3N5O3S. The molecule has 8 nitrogen and oxygen atoms in total. The van der Waals surface area contributed by atoms with Crippen LogP contribution in [0.4, 0.5) is 19.0 Å². The molecule has 3 atom stereocenters. The Balaban J connectivity index is 1.60. The van der Waals surface area contributed by atoms with Crippen LogP contribution in [0.25, 0.3) is 10.4 Å². The lowest BCUT2D eigenvalue weighted by Gasteiger charge is -2.25. The second-order valence-electron chi connectivity index (χ2n) is 11.0. The lowest BCUT2D eigenvalue weighted by atomic mass is 10.1. The van der Waals surface area contributed by atoms with E-state index in [1.165, 1.54) is 0 Å². The Kier molecular flexibility index (Phi) is 6.46. The Morgan fingerprint density at radius 3 is 2.51 bits per heavy atom. The summed E-state index contributed by atoms with van der Waals surface area (Å²) in [4.78, 5) is 38.8.